The van der Waals surface area contributed by atoms with Gasteiger partial charge in [0.25, 0.3) is 0 Å². The van der Waals surface area contributed by atoms with Crippen LogP contribution in [-0.4, -0.2) is 37.5 Å². The first-order valence-corrected chi connectivity index (χ1v) is 10.2. The molecule has 0 radical (unpaired) electrons. The molecular weight excluding hydrogens is 376 g/mol. The van der Waals surface area contributed by atoms with Gasteiger partial charge in [0.2, 0.25) is 5.75 Å². The van der Waals surface area contributed by atoms with Crippen LogP contribution in [0.3, 0.4) is 0 Å². The number of unbranched alkanes of at least 4 members (excludes halogenated alkanes) is 2. The molecule has 7 nitrogen and oxygen atoms in total. The third-order valence-electron chi connectivity index (χ3n) is 6.17. The van der Waals surface area contributed by atoms with Crippen LogP contribution in [0.5, 0.6) is 17.2 Å². The standard InChI is InChI=1S/C22H32O7/c1-21(2,19(26)27)9-5-4-8-15-14(13-16(23)18(25)17(15)24)7-3-6-10-22(11-12-22)20(28)29/h13,23-25H,3-12H2,1-2H3,(H,26,27)(H,28,29). The maximum Gasteiger partial charge on any atom is 0.309 e. The van der Waals surface area contributed by atoms with Crippen molar-refractivity contribution in [3.8, 4) is 17.2 Å². The van der Waals surface area contributed by atoms with Gasteiger partial charge in [-0.1, -0.05) is 12.8 Å². The first-order chi connectivity index (χ1) is 13.5. The number of carboxylic acid groups (broad SMARTS) is 2. The highest BCUT2D eigenvalue weighted by Crippen LogP contribution is 2.50. The monoisotopic (exact) mass is 408 g/mol. The van der Waals surface area contributed by atoms with Crippen LogP contribution in [0.4, 0.5) is 0 Å². The second-order valence-electron chi connectivity index (χ2n) is 8.92. The van der Waals surface area contributed by atoms with E-state index in [1.807, 2.05) is 0 Å². The summed E-state index contributed by atoms with van der Waals surface area (Å²) in [4.78, 5) is 22.5. The lowest BCUT2D eigenvalue weighted by atomic mass is 9.86. The minimum atomic E-state index is -0.849. The Hall–Kier alpha value is -2.44. The van der Waals surface area contributed by atoms with Gasteiger partial charge in [0, 0.05) is 5.56 Å². The Morgan fingerprint density at radius 3 is 2.14 bits per heavy atom. The van der Waals surface area contributed by atoms with Gasteiger partial charge in [0.1, 0.15) is 0 Å². The zero-order chi connectivity index (χ0) is 21.8. The van der Waals surface area contributed by atoms with Gasteiger partial charge in [-0.3, -0.25) is 9.59 Å². The van der Waals surface area contributed by atoms with Crippen LogP contribution in [0.15, 0.2) is 6.07 Å². The highest BCUT2D eigenvalue weighted by molar-refractivity contribution is 5.77. The Bertz CT molecular complexity index is 763. The molecule has 2 rings (SSSR count). The summed E-state index contributed by atoms with van der Waals surface area (Å²) in [5.74, 6) is -2.84. The van der Waals surface area contributed by atoms with Crippen molar-refractivity contribution in [2.75, 3.05) is 0 Å². The quantitative estimate of drug-likeness (QED) is 0.258. The number of carboxylic acids is 2. The van der Waals surface area contributed by atoms with Crippen LogP contribution in [0.25, 0.3) is 0 Å². The van der Waals surface area contributed by atoms with E-state index in [9.17, 15) is 35.1 Å². The number of aryl methyl sites for hydroxylation is 1. The maximum absolute atomic E-state index is 11.3. The van der Waals surface area contributed by atoms with Crippen molar-refractivity contribution < 1.29 is 35.1 Å². The van der Waals surface area contributed by atoms with E-state index in [-0.39, 0.29) is 11.5 Å². The van der Waals surface area contributed by atoms with Gasteiger partial charge >= 0.3 is 11.9 Å². The molecule has 7 heteroatoms. The van der Waals surface area contributed by atoms with Crippen molar-refractivity contribution in [3.05, 3.63) is 17.2 Å². The van der Waals surface area contributed by atoms with Crippen LogP contribution in [0.1, 0.15) is 76.3 Å². The van der Waals surface area contributed by atoms with Gasteiger partial charge in [0.15, 0.2) is 11.5 Å². The van der Waals surface area contributed by atoms with Crippen LogP contribution >= 0.6 is 0 Å². The molecule has 0 aromatic heterocycles. The SMILES string of the molecule is CC(C)(CCCCc1c(CCCCC2(C(=O)O)CC2)cc(O)c(O)c1O)C(=O)O. The number of aliphatic carboxylic acids is 2. The molecule has 1 aliphatic carbocycles. The van der Waals surface area contributed by atoms with E-state index in [1.54, 1.807) is 13.8 Å². The number of aromatic hydroxyl groups is 3. The molecule has 0 amide bonds. The Balaban J connectivity index is 1.96. The molecule has 0 saturated heterocycles. The fraction of sp³-hybridized carbons (Fsp3) is 0.636. The van der Waals surface area contributed by atoms with Crippen molar-refractivity contribution in [2.45, 2.75) is 78.1 Å². The Labute approximate surface area is 171 Å². The summed E-state index contributed by atoms with van der Waals surface area (Å²) in [5, 5.41) is 48.5. The average molecular weight is 408 g/mol. The van der Waals surface area contributed by atoms with Gasteiger partial charge < -0.3 is 25.5 Å². The highest BCUT2D eigenvalue weighted by atomic mass is 16.4. The number of hydrogen-bond donors (Lipinski definition) is 5. The van der Waals surface area contributed by atoms with Gasteiger partial charge in [0.05, 0.1) is 10.8 Å². The van der Waals surface area contributed by atoms with Gasteiger partial charge in [-0.2, -0.15) is 0 Å². The van der Waals surface area contributed by atoms with Crippen LogP contribution in [0.2, 0.25) is 0 Å². The Kier molecular flexibility index (Phi) is 7.03. The number of carbonyl (C=O) groups is 2. The number of phenolic OH excluding ortho intramolecular Hbond substituents is 3. The van der Waals surface area contributed by atoms with Crippen LogP contribution in [-0.2, 0) is 22.4 Å². The zero-order valence-corrected chi connectivity index (χ0v) is 17.2. The fourth-order valence-corrected chi connectivity index (χ4v) is 3.72. The molecule has 5 N–H and O–H groups in total. The van der Waals surface area contributed by atoms with Crippen molar-refractivity contribution in [2.24, 2.45) is 10.8 Å². The summed E-state index contributed by atoms with van der Waals surface area (Å²) in [6.07, 6.45) is 6.35. The topological polar surface area (TPSA) is 135 Å². The van der Waals surface area contributed by atoms with Gasteiger partial charge in [-0.05, 0) is 76.8 Å². The molecular formula is C22H32O7. The molecule has 0 aliphatic heterocycles. The van der Waals surface area contributed by atoms with Crippen molar-refractivity contribution in [1.29, 1.82) is 0 Å². The van der Waals surface area contributed by atoms with Crippen molar-refractivity contribution in [3.63, 3.8) is 0 Å². The molecule has 0 atom stereocenters. The van der Waals surface area contributed by atoms with E-state index < -0.39 is 28.5 Å². The van der Waals surface area contributed by atoms with Crippen molar-refractivity contribution in [1.82, 2.24) is 0 Å². The highest BCUT2D eigenvalue weighted by Gasteiger charge is 2.49. The molecule has 1 fully saturated rings. The summed E-state index contributed by atoms with van der Waals surface area (Å²) in [6, 6.07) is 1.45. The number of rotatable bonds is 12. The Morgan fingerprint density at radius 1 is 0.966 bits per heavy atom. The predicted octanol–water partition coefficient (Wildman–Crippen LogP) is 4.20. The molecule has 0 bridgehead atoms. The number of phenols is 3. The number of hydrogen-bond acceptors (Lipinski definition) is 5. The van der Waals surface area contributed by atoms with Crippen molar-refractivity contribution >= 4 is 11.9 Å². The Morgan fingerprint density at radius 2 is 1.59 bits per heavy atom. The lowest BCUT2D eigenvalue weighted by Crippen LogP contribution is -2.23. The summed E-state index contributed by atoms with van der Waals surface area (Å²) in [7, 11) is 0. The largest absolute Gasteiger partial charge is 0.504 e. The molecule has 0 spiro atoms. The van der Waals surface area contributed by atoms with E-state index >= 15 is 0 Å². The molecule has 162 valence electrons. The summed E-state index contributed by atoms with van der Waals surface area (Å²) in [5.41, 5.74) is -0.0765. The molecule has 1 aromatic rings. The normalized spacial score (nSPS) is 15.2. The predicted molar refractivity (Wildman–Crippen MR) is 107 cm³/mol. The van der Waals surface area contributed by atoms with Gasteiger partial charge in [-0.15, -0.1) is 0 Å². The zero-order valence-electron chi connectivity index (χ0n) is 17.2. The summed E-state index contributed by atoms with van der Waals surface area (Å²) >= 11 is 0. The van der Waals surface area contributed by atoms with Gasteiger partial charge in [-0.25, -0.2) is 0 Å². The van der Waals surface area contributed by atoms with Crippen LogP contribution < -0.4 is 0 Å². The smallest absolute Gasteiger partial charge is 0.309 e. The lowest BCUT2D eigenvalue weighted by Gasteiger charge is -2.19. The second kappa shape index (κ2) is 8.93. The van der Waals surface area contributed by atoms with E-state index in [0.717, 1.165) is 31.2 Å². The summed E-state index contributed by atoms with van der Waals surface area (Å²) < 4.78 is 0. The third kappa shape index (κ3) is 5.55. The van der Waals surface area contributed by atoms with E-state index in [1.165, 1.54) is 6.07 Å². The molecule has 1 aromatic carbocycles. The molecule has 29 heavy (non-hydrogen) atoms. The van der Waals surface area contributed by atoms with E-state index in [0.29, 0.717) is 44.1 Å². The van der Waals surface area contributed by atoms with Crippen LogP contribution in [0, 0.1) is 10.8 Å². The first-order valence-electron chi connectivity index (χ1n) is 10.2. The molecule has 1 saturated carbocycles. The molecule has 1 aliphatic rings. The van der Waals surface area contributed by atoms with E-state index in [4.69, 9.17) is 0 Å². The third-order valence-corrected chi connectivity index (χ3v) is 6.17. The maximum atomic E-state index is 11.3. The minimum Gasteiger partial charge on any atom is -0.504 e. The molecule has 0 unspecified atom stereocenters. The number of benzene rings is 1. The average Bonchev–Trinajstić information content (AvgIpc) is 3.43. The second-order valence-corrected chi connectivity index (χ2v) is 8.92. The lowest BCUT2D eigenvalue weighted by molar-refractivity contribution is -0.147. The summed E-state index contributed by atoms with van der Waals surface area (Å²) in [6.45, 7) is 3.35. The molecule has 0 heterocycles. The van der Waals surface area contributed by atoms with E-state index in [2.05, 4.69) is 0 Å². The fourth-order valence-electron chi connectivity index (χ4n) is 3.72. The first kappa shape index (κ1) is 22.8. The minimum absolute atomic E-state index is 0.332.